The normalized spacial score (nSPS) is 9.90. The summed E-state index contributed by atoms with van der Waals surface area (Å²) in [5, 5.41) is 5.16. The summed E-state index contributed by atoms with van der Waals surface area (Å²) < 4.78 is 0.581. The number of ketones is 1. The summed E-state index contributed by atoms with van der Waals surface area (Å²) in [5.41, 5.74) is 1.06. The highest BCUT2D eigenvalue weighted by molar-refractivity contribution is 9.10. The lowest BCUT2D eigenvalue weighted by Crippen LogP contribution is -2.20. The van der Waals surface area contributed by atoms with Gasteiger partial charge in [0.25, 0.3) is 0 Å². The molecule has 0 saturated carbocycles. The van der Waals surface area contributed by atoms with Crippen molar-refractivity contribution < 1.29 is 9.59 Å². The molecule has 0 saturated heterocycles. The third-order valence-electron chi connectivity index (χ3n) is 2.39. The number of halogens is 1. The average Bonchev–Trinajstić information content (AvgIpc) is 2.41. The van der Waals surface area contributed by atoms with Crippen LogP contribution >= 0.6 is 15.9 Å². The number of rotatable bonds is 3. The Labute approximate surface area is 123 Å². The highest BCUT2D eigenvalue weighted by Gasteiger charge is 2.05. The summed E-state index contributed by atoms with van der Waals surface area (Å²) in [6.45, 7) is 1.47. The van der Waals surface area contributed by atoms with Crippen LogP contribution in [-0.2, 0) is 0 Å². The molecular formula is C13H11BrN4O2. The first kappa shape index (κ1) is 14.1. The maximum Gasteiger partial charge on any atom is 0.324 e. The van der Waals surface area contributed by atoms with Crippen LogP contribution in [0, 0.1) is 0 Å². The second kappa shape index (κ2) is 6.25. The first-order chi connectivity index (χ1) is 9.54. The van der Waals surface area contributed by atoms with Crippen LogP contribution in [0.2, 0.25) is 0 Å². The van der Waals surface area contributed by atoms with Gasteiger partial charge in [-0.15, -0.1) is 0 Å². The number of anilines is 2. The molecule has 1 heterocycles. The molecule has 0 spiro atoms. The fraction of sp³-hybridized carbons (Fsp3) is 0.0769. The zero-order chi connectivity index (χ0) is 14.5. The minimum absolute atomic E-state index is 0.0622. The Morgan fingerprint density at radius 3 is 2.60 bits per heavy atom. The fourth-order valence-corrected chi connectivity index (χ4v) is 1.68. The maximum atomic E-state index is 11.8. The van der Waals surface area contributed by atoms with Gasteiger partial charge in [-0.25, -0.2) is 14.8 Å². The van der Waals surface area contributed by atoms with Gasteiger partial charge in [-0.2, -0.15) is 0 Å². The zero-order valence-electron chi connectivity index (χ0n) is 10.6. The topological polar surface area (TPSA) is 84.0 Å². The number of Topliss-reactive ketones (excluding diaryl/α,β-unsaturated/α-hetero) is 1. The van der Waals surface area contributed by atoms with Crippen LogP contribution in [0.1, 0.15) is 17.3 Å². The lowest BCUT2D eigenvalue weighted by molar-refractivity contribution is 0.101. The Morgan fingerprint density at radius 1 is 1.15 bits per heavy atom. The van der Waals surface area contributed by atoms with Crippen LogP contribution in [-0.4, -0.2) is 21.8 Å². The van der Waals surface area contributed by atoms with Gasteiger partial charge < -0.3 is 5.32 Å². The lowest BCUT2D eigenvalue weighted by Gasteiger charge is -2.07. The van der Waals surface area contributed by atoms with E-state index in [1.807, 2.05) is 0 Å². The minimum atomic E-state index is -0.456. The number of hydrogen-bond acceptors (Lipinski definition) is 4. The molecule has 1 aromatic carbocycles. The maximum absolute atomic E-state index is 11.8. The van der Waals surface area contributed by atoms with E-state index < -0.39 is 6.03 Å². The van der Waals surface area contributed by atoms with E-state index in [-0.39, 0.29) is 5.78 Å². The number of carbonyl (C=O) groups is 2. The highest BCUT2D eigenvalue weighted by Crippen LogP contribution is 2.12. The van der Waals surface area contributed by atoms with E-state index in [0.717, 1.165) is 0 Å². The van der Waals surface area contributed by atoms with Crippen molar-refractivity contribution in [2.75, 3.05) is 10.6 Å². The molecule has 2 rings (SSSR count). The average molecular weight is 335 g/mol. The van der Waals surface area contributed by atoms with E-state index in [2.05, 4.69) is 36.5 Å². The third-order valence-corrected chi connectivity index (χ3v) is 2.80. The van der Waals surface area contributed by atoms with E-state index in [1.165, 1.54) is 19.3 Å². The molecule has 0 unspecified atom stereocenters. The van der Waals surface area contributed by atoms with E-state index in [9.17, 15) is 9.59 Å². The summed E-state index contributed by atoms with van der Waals surface area (Å²) in [6.07, 6.45) is 2.90. The summed E-state index contributed by atoms with van der Waals surface area (Å²) in [5.74, 6) is 0.265. The van der Waals surface area contributed by atoms with Crippen molar-refractivity contribution in [1.82, 2.24) is 9.97 Å². The first-order valence-electron chi connectivity index (χ1n) is 5.71. The molecule has 0 aliphatic carbocycles. The fourth-order valence-electron chi connectivity index (χ4n) is 1.47. The van der Waals surface area contributed by atoms with E-state index in [4.69, 9.17) is 0 Å². The van der Waals surface area contributed by atoms with Gasteiger partial charge in [0.1, 0.15) is 4.60 Å². The Hall–Kier alpha value is -2.28. The van der Waals surface area contributed by atoms with Gasteiger partial charge in [0, 0.05) is 11.3 Å². The van der Waals surface area contributed by atoms with Crippen LogP contribution in [0.5, 0.6) is 0 Å². The predicted octanol–water partition coefficient (Wildman–Crippen LogP) is 3.09. The number of carbonyl (C=O) groups excluding carboxylic acids is 2. The third kappa shape index (κ3) is 3.86. The summed E-state index contributed by atoms with van der Waals surface area (Å²) in [6, 6.07) is 6.23. The van der Waals surface area contributed by atoms with Crippen LogP contribution in [0.4, 0.5) is 16.3 Å². The molecule has 0 bridgehead atoms. The van der Waals surface area contributed by atoms with Crippen molar-refractivity contribution in [2.24, 2.45) is 0 Å². The second-order valence-electron chi connectivity index (χ2n) is 3.94. The summed E-state index contributed by atoms with van der Waals surface area (Å²) >= 11 is 3.15. The lowest BCUT2D eigenvalue weighted by atomic mass is 10.1. The van der Waals surface area contributed by atoms with Crippen LogP contribution in [0.15, 0.2) is 41.3 Å². The molecular weight excluding hydrogens is 324 g/mol. The second-order valence-corrected chi connectivity index (χ2v) is 4.75. The van der Waals surface area contributed by atoms with Gasteiger partial charge in [-0.05, 0) is 35.0 Å². The molecule has 2 N–H and O–H groups in total. The molecule has 0 aliphatic rings. The molecule has 20 heavy (non-hydrogen) atoms. The smallest absolute Gasteiger partial charge is 0.308 e. The van der Waals surface area contributed by atoms with E-state index in [1.54, 1.807) is 24.3 Å². The molecule has 2 aromatic rings. The number of nitrogens with zero attached hydrogens (tertiary/aromatic N) is 2. The SMILES string of the molecule is CC(=O)c1cccc(NC(=O)Nc2cnc(Br)cn2)c1. The molecule has 6 nitrogen and oxygen atoms in total. The van der Waals surface area contributed by atoms with Crippen molar-refractivity contribution in [3.05, 3.63) is 46.8 Å². The number of nitrogens with one attached hydrogen (secondary N) is 2. The Bertz CT molecular complexity index is 643. The minimum Gasteiger partial charge on any atom is -0.308 e. The van der Waals surface area contributed by atoms with Gasteiger partial charge in [-0.1, -0.05) is 12.1 Å². The quantitative estimate of drug-likeness (QED) is 0.845. The number of benzene rings is 1. The molecule has 2 amide bonds. The standard InChI is InChI=1S/C13H11BrN4O2/c1-8(19)9-3-2-4-10(5-9)17-13(20)18-12-7-15-11(14)6-16-12/h2-7H,1H3,(H2,16,17,18,20). The van der Waals surface area contributed by atoms with Gasteiger partial charge in [-0.3, -0.25) is 10.1 Å². The number of urea groups is 1. The Morgan fingerprint density at radius 2 is 1.95 bits per heavy atom. The molecule has 7 heteroatoms. The van der Waals surface area contributed by atoms with Crippen LogP contribution < -0.4 is 10.6 Å². The number of hydrogen-bond donors (Lipinski definition) is 2. The molecule has 1 aromatic heterocycles. The van der Waals surface area contributed by atoms with Crippen LogP contribution in [0.3, 0.4) is 0 Å². The Balaban J connectivity index is 2.02. The first-order valence-corrected chi connectivity index (χ1v) is 6.50. The molecule has 0 radical (unpaired) electrons. The summed E-state index contributed by atoms with van der Waals surface area (Å²) in [7, 11) is 0. The highest BCUT2D eigenvalue weighted by atomic mass is 79.9. The molecule has 0 atom stereocenters. The van der Waals surface area contributed by atoms with Gasteiger partial charge in [0.05, 0.1) is 12.4 Å². The van der Waals surface area contributed by atoms with Crippen molar-refractivity contribution in [3.63, 3.8) is 0 Å². The largest absolute Gasteiger partial charge is 0.324 e. The van der Waals surface area contributed by atoms with Crippen molar-refractivity contribution in [3.8, 4) is 0 Å². The van der Waals surface area contributed by atoms with Crippen LogP contribution in [0.25, 0.3) is 0 Å². The van der Waals surface area contributed by atoms with Crippen molar-refractivity contribution in [1.29, 1.82) is 0 Å². The van der Waals surface area contributed by atoms with Gasteiger partial charge in [0.15, 0.2) is 11.6 Å². The van der Waals surface area contributed by atoms with Gasteiger partial charge >= 0.3 is 6.03 Å². The summed E-state index contributed by atoms with van der Waals surface area (Å²) in [4.78, 5) is 30.9. The van der Waals surface area contributed by atoms with Gasteiger partial charge in [0.2, 0.25) is 0 Å². The van der Waals surface area contributed by atoms with E-state index in [0.29, 0.717) is 21.7 Å². The molecule has 0 aliphatic heterocycles. The number of amides is 2. The number of aromatic nitrogens is 2. The van der Waals surface area contributed by atoms with E-state index >= 15 is 0 Å². The predicted molar refractivity (Wildman–Crippen MR) is 78.8 cm³/mol. The molecule has 102 valence electrons. The Kier molecular flexibility index (Phi) is 4.41. The van der Waals surface area contributed by atoms with Crippen molar-refractivity contribution >= 4 is 39.2 Å². The van der Waals surface area contributed by atoms with Crippen molar-refractivity contribution in [2.45, 2.75) is 6.92 Å². The molecule has 0 fully saturated rings. The zero-order valence-corrected chi connectivity index (χ0v) is 12.1. The monoisotopic (exact) mass is 334 g/mol.